The Kier molecular flexibility index (Phi) is 5.08. The van der Waals surface area contributed by atoms with Crippen LogP contribution < -0.4 is 0 Å². The molecule has 37 heavy (non-hydrogen) atoms. The van der Waals surface area contributed by atoms with Crippen molar-refractivity contribution in [1.29, 1.82) is 0 Å². The first-order valence-corrected chi connectivity index (χ1v) is 12.6. The molecule has 0 saturated heterocycles. The molecule has 0 aliphatic heterocycles. The Labute approximate surface area is 215 Å². The van der Waals surface area contributed by atoms with Gasteiger partial charge in [-0.15, -0.1) is 0 Å². The summed E-state index contributed by atoms with van der Waals surface area (Å²) in [6, 6.07) is 47.8. The predicted molar refractivity (Wildman–Crippen MR) is 155 cm³/mol. The Bertz CT molecular complexity index is 1870. The van der Waals surface area contributed by atoms with Crippen molar-refractivity contribution in [2.24, 2.45) is 0 Å². The number of benzene rings is 7. The zero-order valence-corrected chi connectivity index (χ0v) is 20.2. The van der Waals surface area contributed by atoms with Crippen LogP contribution in [-0.4, -0.2) is 0 Å². The van der Waals surface area contributed by atoms with Gasteiger partial charge < -0.3 is 0 Å². The highest BCUT2D eigenvalue weighted by Crippen LogP contribution is 2.44. The van der Waals surface area contributed by atoms with Crippen LogP contribution in [0.1, 0.15) is 0 Å². The van der Waals surface area contributed by atoms with E-state index in [1.54, 1.807) is 12.1 Å². The number of rotatable bonds is 3. The third-order valence-electron chi connectivity index (χ3n) is 7.32. The minimum atomic E-state index is -0.223. The lowest BCUT2D eigenvalue weighted by Crippen LogP contribution is -1.91. The lowest BCUT2D eigenvalue weighted by molar-refractivity contribution is 0.628. The van der Waals surface area contributed by atoms with Gasteiger partial charge in [0.2, 0.25) is 0 Å². The monoisotopic (exact) mass is 474 g/mol. The molecular formula is C36H23F. The van der Waals surface area contributed by atoms with Crippen LogP contribution in [0.15, 0.2) is 140 Å². The van der Waals surface area contributed by atoms with E-state index in [1.165, 1.54) is 49.9 Å². The molecule has 0 heterocycles. The Balaban J connectivity index is 1.47. The first kappa shape index (κ1) is 21.5. The first-order valence-electron chi connectivity index (χ1n) is 12.6. The number of hydrogen-bond donors (Lipinski definition) is 0. The van der Waals surface area contributed by atoms with Crippen molar-refractivity contribution in [2.45, 2.75) is 0 Å². The Morgan fingerprint density at radius 1 is 0.351 bits per heavy atom. The van der Waals surface area contributed by atoms with Gasteiger partial charge in [0.05, 0.1) is 0 Å². The van der Waals surface area contributed by atoms with Crippen LogP contribution in [-0.2, 0) is 0 Å². The zero-order valence-electron chi connectivity index (χ0n) is 20.2. The maximum Gasteiger partial charge on any atom is 0.123 e. The standard InChI is InChI=1S/C36H23F/c37-28-12-7-11-27(23-28)36-33-16-5-3-14-31(33)35(32-15-4-6-17-34(32)36)26-21-19-25(20-22-26)30-18-8-10-24-9-1-2-13-29(24)30/h1-23H. The van der Waals surface area contributed by atoms with E-state index in [9.17, 15) is 4.39 Å². The number of hydrogen-bond acceptors (Lipinski definition) is 0. The van der Waals surface area contributed by atoms with E-state index >= 15 is 0 Å². The summed E-state index contributed by atoms with van der Waals surface area (Å²) in [5.41, 5.74) is 6.77. The molecule has 0 nitrogen and oxygen atoms in total. The second-order valence-corrected chi connectivity index (χ2v) is 9.46. The van der Waals surface area contributed by atoms with Crippen molar-refractivity contribution in [2.75, 3.05) is 0 Å². The molecule has 0 N–H and O–H groups in total. The van der Waals surface area contributed by atoms with Crippen LogP contribution in [0.2, 0.25) is 0 Å². The molecule has 0 aromatic heterocycles. The van der Waals surface area contributed by atoms with Gasteiger partial charge in [0.25, 0.3) is 0 Å². The molecular weight excluding hydrogens is 451 g/mol. The molecule has 0 radical (unpaired) electrons. The van der Waals surface area contributed by atoms with E-state index in [4.69, 9.17) is 0 Å². The normalized spacial score (nSPS) is 11.4. The molecule has 0 unspecified atom stereocenters. The van der Waals surface area contributed by atoms with Gasteiger partial charge in [-0.05, 0) is 77.8 Å². The third kappa shape index (κ3) is 3.59. The maximum atomic E-state index is 14.3. The molecule has 0 aliphatic rings. The summed E-state index contributed by atoms with van der Waals surface area (Å²) in [6.07, 6.45) is 0. The SMILES string of the molecule is Fc1cccc(-c2c3ccccc3c(-c3ccc(-c4cccc5ccccc45)cc3)c3ccccc23)c1. The molecule has 0 atom stereocenters. The van der Waals surface area contributed by atoms with E-state index in [-0.39, 0.29) is 5.82 Å². The van der Waals surface area contributed by atoms with Gasteiger partial charge in [-0.2, -0.15) is 0 Å². The lowest BCUT2D eigenvalue weighted by atomic mass is 9.85. The molecule has 0 aliphatic carbocycles. The minimum Gasteiger partial charge on any atom is -0.207 e. The van der Waals surface area contributed by atoms with Gasteiger partial charge in [-0.1, -0.05) is 127 Å². The fraction of sp³-hybridized carbons (Fsp3) is 0. The molecule has 0 fully saturated rings. The van der Waals surface area contributed by atoms with E-state index in [0.717, 1.165) is 21.9 Å². The van der Waals surface area contributed by atoms with Crippen LogP contribution >= 0.6 is 0 Å². The third-order valence-corrected chi connectivity index (χ3v) is 7.32. The van der Waals surface area contributed by atoms with Crippen LogP contribution in [0.4, 0.5) is 4.39 Å². The summed E-state index contributed by atoms with van der Waals surface area (Å²) in [5.74, 6) is -0.223. The molecule has 7 aromatic carbocycles. The van der Waals surface area contributed by atoms with Crippen LogP contribution in [0.5, 0.6) is 0 Å². The van der Waals surface area contributed by atoms with Gasteiger partial charge in [0.15, 0.2) is 0 Å². The van der Waals surface area contributed by atoms with Gasteiger partial charge in [0, 0.05) is 0 Å². The van der Waals surface area contributed by atoms with Crippen LogP contribution in [0.25, 0.3) is 65.7 Å². The fourth-order valence-corrected chi connectivity index (χ4v) is 5.69. The van der Waals surface area contributed by atoms with Crippen LogP contribution in [0.3, 0.4) is 0 Å². The topological polar surface area (TPSA) is 0 Å². The summed E-state index contributed by atoms with van der Waals surface area (Å²) in [4.78, 5) is 0. The van der Waals surface area contributed by atoms with Gasteiger partial charge in [0.1, 0.15) is 5.82 Å². The van der Waals surface area contributed by atoms with Crippen molar-refractivity contribution in [1.82, 2.24) is 0 Å². The maximum absolute atomic E-state index is 14.3. The number of fused-ring (bicyclic) bond motifs is 3. The molecule has 0 spiro atoms. The predicted octanol–water partition coefficient (Wildman–Crippen LogP) is 10.3. The quantitative estimate of drug-likeness (QED) is 0.223. The zero-order chi connectivity index (χ0) is 24.8. The van der Waals surface area contributed by atoms with E-state index < -0.39 is 0 Å². The van der Waals surface area contributed by atoms with E-state index in [2.05, 4.69) is 115 Å². The van der Waals surface area contributed by atoms with Crippen molar-refractivity contribution < 1.29 is 4.39 Å². The smallest absolute Gasteiger partial charge is 0.123 e. The molecule has 174 valence electrons. The minimum absolute atomic E-state index is 0.223. The first-order chi connectivity index (χ1) is 18.3. The van der Waals surface area contributed by atoms with Crippen molar-refractivity contribution in [3.8, 4) is 33.4 Å². The Morgan fingerprint density at radius 3 is 1.46 bits per heavy atom. The summed E-state index contributed by atoms with van der Waals surface area (Å²) in [6.45, 7) is 0. The molecule has 0 bridgehead atoms. The highest BCUT2D eigenvalue weighted by molar-refractivity contribution is 6.21. The highest BCUT2D eigenvalue weighted by atomic mass is 19.1. The largest absolute Gasteiger partial charge is 0.207 e. The second kappa shape index (κ2) is 8.72. The fourth-order valence-electron chi connectivity index (χ4n) is 5.69. The molecule has 0 amide bonds. The molecule has 0 saturated carbocycles. The van der Waals surface area contributed by atoms with Crippen molar-refractivity contribution in [3.05, 3.63) is 145 Å². The Morgan fingerprint density at radius 2 is 0.838 bits per heavy atom. The van der Waals surface area contributed by atoms with E-state index in [0.29, 0.717) is 0 Å². The molecule has 7 aromatic rings. The van der Waals surface area contributed by atoms with E-state index in [1.807, 2.05) is 6.07 Å². The summed E-state index contributed by atoms with van der Waals surface area (Å²) < 4.78 is 14.3. The summed E-state index contributed by atoms with van der Waals surface area (Å²) >= 11 is 0. The lowest BCUT2D eigenvalue weighted by Gasteiger charge is -2.18. The summed E-state index contributed by atoms with van der Waals surface area (Å²) in [7, 11) is 0. The highest BCUT2D eigenvalue weighted by Gasteiger charge is 2.16. The van der Waals surface area contributed by atoms with Gasteiger partial charge in [-0.25, -0.2) is 4.39 Å². The second-order valence-electron chi connectivity index (χ2n) is 9.46. The molecule has 7 rings (SSSR count). The average molecular weight is 475 g/mol. The Hall–Kier alpha value is -4.75. The molecule has 1 heteroatoms. The van der Waals surface area contributed by atoms with Crippen molar-refractivity contribution >= 4 is 32.3 Å². The van der Waals surface area contributed by atoms with Gasteiger partial charge >= 0.3 is 0 Å². The van der Waals surface area contributed by atoms with Crippen LogP contribution in [0, 0.1) is 5.82 Å². The van der Waals surface area contributed by atoms with Gasteiger partial charge in [-0.3, -0.25) is 0 Å². The summed E-state index contributed by atoms with van der Waals surface area (Å²) in [5, 5.41) is 7.08. The average Bonchev–Trinajstić information content (AvgIpc) is 2.95. The number of halogens is 1. The van der Waals surface area contributed by atoms with Crippen molar-refractivity contribution in [3.63, 3.8) is 0 Å².